The van der Waals surface area contributed by atoms with Gasteiger partial charge in [0, 0.05) is 54.8 Å². The highest BCUT2D eigenvalue weighted by atomic mass is 32.1. The van der Waals surface area contributed by atoms with Crippen LogP contribution in [-0.4, -0.2) is 69.6 Å². The number of aromatic nitrogens is 2. The Morgan fingerprint density at radius 3 is 2.71 bits per heavy atom. The Morgan fingerprint density at radius 2 is 2.09 bits per heavy atom. The Morgan fingerprint density at radius 1 is 1.29 bits per heavy atom. The number of rotatable bonds is 7. The predicted octanol–water partition coefficient (Wildman–Crippen LogP) is 2.95. The monoisotopic (exact) mass is 507 g/mol. The molecule has 5 heterocycles. The van der Waals surface area contributed by atoms with Crippen LogP contribution in [0.3, 0.4) is 0 Å². The zero-order chi connectivity index (χ0) is 24.7. The SMILES string of the molecule is O=C(C[N+]12CCC(CC1)[C@@H](OC(=O)C(O)(c1cccs1)C1CCC(F)(F)C1)C2)Nc1cnccn1. The van der Waals surface area contributed by atoms with Crippen LogP contribution in [0.4, 0.5) is 14.6 Å². The Labute approximate surface area is 205 Å². The lowest BCUT2D eigenvalue weighted by Crippen LogP contribution is -2.66. The van der Waals surface area contributed by atoms with Crippen molar-refractivity contribution < 1.29 is 32.7 Å². The van der Waals surface area contributed by atoms with Crippen molar-refractivity contribution in [2.75, 3.05) is 31.5 Å². The smallest absolute Gasteiger partial charge is 0.344 e. The van der Waals surface area contributed by atoms with Crippen molar-refractivity contribution in [2.24, 2.45) is 11.8 Å². The molecule has 4 fully saturated rings. The molecular formula is C24H29F2N4O4S+. The third kappa shape index (κ3) is 4.81. The topological polar surface area (TPSA) is 101 Å². The van der Waals surface area contributed by atoms with E-state index in [4.69, 9.17) is 4.74 Å². The van der Waals surface area contributed by atoms with Crippen LogP contribution in [-0.2, 0) is 19.9 Å². The Bertz CT molecular complexity index is 1060. The number of esters is 1. The molecule has 2 aromatic rings. The summed E-state index contributed by atoms with van der Waals surface area (Å²) in [5.41, 5.74) is -2.10. The summed E-state index contributed by atoms with van der Waals surface area (Å²) < 4.78 is 34.5. The van der Waals surface area contributed by atoms with Gasteiger partial charge in [-0.2, -0.15) is 0 Å². The maximum atomic E-state index is 14.0. The number of fused-ring (bicyclic) bond motifs is 3. The molecule has 35 heavy (non-hydrogen) atoms. The van der Waals surface area contributed by atoms with Gasteiger partial charge in [-0.1, -0.05) is 6.07 Å². The third-order valence-electron chi connectivity index (χ3n) is 7.81. The third-order valence-corrected chi connectivity index (χ3v) is 8.81. The fourth-order valence-corrected chi connectivity index (χ4v) is 6.82. The lowest BCUT2D eigenvalue weighted by atomic mass is 9.82. The van der Waals surface area contributed by atoms with Crippen LogP contribution >= 0.6 is 11.3 Å². The second-order valence-electron chi connectivity index (χ2n) is 10.1. The molecule has 0 aromatic carbocycles. The van der Waals surface area contributed by atoms with Crippen molar-refractivity contribution >= 4 is 29.0 Å². The normalized spacial score (nSPS) is 31.0. The van der Waals surface area contributed by atoms with Crippen molar-refractivity contribution in [3.8, 4) is 0 Å². The van der Waals surface area contributed by atoms with Gasteiger partial charge in [0.15, 0.2) is 24.1 Å². The van der Waals surface area contributed by atoms with Crippen molar-refractivity contribution in [2.45, 2.75) is 49.7 Å². The number of alkyl halides is 2. The highest BCUT2D eigenvalue weighted by molar-refractivity contribution is 7.10. The van der Waals surface area contributed by atoms with Gasteiger partial charge in [-0.25, -0.2) is 18.6 Å². The number of carbonyl (C=O) groups excluding carboxylic acids is 2. The molecule has 3 aliphatic heterocycles. The average Bonchev–Trinajstić information content (AvgIpc) is 3.50. The number of aliphatic hydroxyl groups is 1. The number of nitrogens with zero attached hydrogens (tertiary/aromatic N) is 3. The summed E-state index contributed by atoms with van der Waals surface area (Å²) in [5.74, 6) is -4.37. The first-order valence-electron chi connectivity index (χ1n) is 12.0. The first-order valence-corrected chi connectivity index (χ1v) is 12.8. The molecule has 3 saturated heterocycles. The van der Waals surface area contributed by atoms with E-state index < -0.39 is 35.9 Å². The highest BCUT2D eigenvalue weighted by Gasteiger charge is 2.57. The minimum atomic E-state index is -2.91. The highest BCUT2D eigenvalue weighted by Crippen LogP contribution is 2.49. The second-order valence-corrected chi connectivity index (χ2v) is 11.0. The molecule has 0 radical (unpaired) electrons. The maximum absolute atomic E-state index is 14.0. The summed E-state index contributed by atoms with van der Waals surface area (Å²) in [6.45, 7) is 2.24. The van der Waals surface area contributed by atoms with Crippen LogP contribution in [0.5, 0.6) is 0 Å². The lowest BCUT2D eigenvalue weighted by molar-refractivity contribution is -0.939. The summed E-state index contributed by atoms with van der Waals surface area (Å²) >= 11 is 1.17. The van der Waals surface area contributed by atoms with Gasteiger partial charge in [0.1, 0.15) is 6.54 Å². The number of piperidine rings is 3. The molecular weight excluding hydrogens is 478 g/mol. The summed E-state index contributed by atoms with van der Waals surface area (Å²) in [7, 11) is 0. The lowest BCUT2D eigenvalue weighted by Gasteiger charge is -2.51. The zero-order valence-corrected chi connectivity index (χ0v) is 20.1. The van der Waals surface area contributed by atoms with E-state index in [0.717, 1.165) is 25.9 Å². The molecule has 3 atom stereocenters. The number of hydrogen-bond acceptors (Lipinski definition) is 7. The van der Waals surface area contributed by atoms with E-state index in [1.54, 1.807) is 17.5 Å². The number of amides is 1. The van der Waals surface area contributed by atoms with Gasteiger partial charge in [0.2, 0.25) is 5.92 Å². The summed E-state index contributed by atoms with van der Waals surface area (Å²) in [6.07, 6.45) is 4.73. The first-order chi connectivity index (χ1) is 16.7. The van der Waals surface area contributed by atoms with E-state index in [9.17, 15) is 23.5 Å². The van der Waals surface area contributed by atoms with Crippen LogP contribution in [0.15, 0.2) is 36.1 Å². The number of ether oxygens (including phenoxy) is 1. The Kier molecular flexibility index (Phi) is 6.35. The maximum Gasteiger partial charge on any atom is 0.344 e. The molecule has 4 aliphatic rings. The summed E-state index contributed by atoms with van der Waals surface area (Å²) in [5, 5.41) is 16.0. The standard InChI is InChI=1S/C24H28F2N4O4S/c25-23(26)6-3-17(12-23)24(33,19-2-1-11-35-19)22(32)34-18-14-30(9-4-16(18)5-10-30)15-21(31)29-20-13-27-7-8-28-20/h1-2,7-8,11,13,16-18,33H,3-6,9-10,12,14-15H2/p+1/t16?,17?,18-,24?,30?/m0/s1. The average molecular weight is 508 g/mol. The minimum Gasteiger partial charge on any atom is -0.454 e. The number of halogens is 2. The second kappa shape index (κ2) is 9.18. The van der Waals surface area contributed by atoms with Gasteiger partial charge in [-0.05, 0) is 17.9 Å². The first kappa shape index (κ1) is 24.2. The van der Waals surface area contributed by atoms with E-state index in [1.165, 1.54) is 29.9 Å². The molecule has 0 spiro atoms. The molecule has 11 heteroatoms. The van der Waals surface area contributed by atoms with Crippen molar-refractivity contribution in [3.63, 3.8) is 0 Å². The molecule has 1 saturated carbocycles. The predicted molar refractivity (Wildman–Crippen MR) is 123 cm³/mol. The molecule has 1 amide bonds. The molecule has 2 unspecified atom stereocenters. The fraction of sp³-hybridized carbons (Fsp3) is 0.583. The fourth-order valence-electron chi connectivity index (χ4n) is 5.93. The number of carbonyl (C=O) groups is 2. The van der Waals surface area contributed by atoms with Gasteiger partial charge < -0.3 is 19.6 Å². The molecule has 8 nitrogen and oxygen atoms in total. The molecule has 188 valence electrons. The molecule has 2 N–H and O–H groups in total. The van der Waals surface area contributed by atoms with Gasteiger partial charge in [-0.15, -0.1) is 11.3 Å². The van der Waals surface area contributed by atoms with Gasteiger partial charge in [0.05, 0.1) is 19.3 Å². The number of quaternary nitrogens is 1. The van der Waals surface area contributed by atoms with Crippen LogP contribution < -0.4 is 5.32 Å². The quantitative estimate of drug-likeness (QED) is 0.442. The Balaban J connectivity index is 1.30. The zero-order valence-electron chi connectivity index (χ0n) is 19.2. The van der Waals surface area contributed by atoms with Gasteiger partial charge in [0.25, 0.3) is 5.91 Å². The van der Waals surface area contributed by atoms with Gasteiger partial charge >= 0.3 is 5.97 Å². The van der Waals surface area contributed by atoms with Crippen LogP contribution in [0, 0.1) is 11.8 Å². The summed E-state index contributed by atoms with van der Waals surface area (Å²) in [6, 6.07) is 3.29. The van der Waals surface area contributed by atoms with E-state index in [1.807, 2.05) is 0 Å². The van der Waals surface area contributed by atoms with E-state index in [0.29, 0.717) is 21.7 Å². The molecule has 1 aliphatic carbocycles. The Hall–Kier alpha value is -2.50. The van der Waals surface area contributed by atoms with Crippen molar-refractivity contribution in [1.82, 2.24) is 9.97 Å². The van der Waals surface area contributed by atoms with Crippen molar-refractivity contribution in [3.05, 3.63) is 41.0 Å². The number of hydrogen-bond donors (Lipinski definition) is 2. The number of thiophene rings is 1. The van der Waals surface area contributed by atoms with Crippen molar-refractivity contribution in [1.29, 1.82) is 0 Å². The van der Waals surface area contributed by atoms with Crippen LogP contribution in [0.1, 0.15) is 37.0 Å². The molecule has 6 rings (SSSR count). The van der Waals surface area contributed by atoms with Crippen LogP contribution in [0.25, 0.3) is 0 Å². The number of nitrogens with one attached hydrogen (secondary N) is 1. The molecule has 2 aromatic heterocycles. The number of anilines is 1. The largest absolute Gasteiger partial charge is 0.454 e. The van der Waals surface area contributed by atoms with E-state index in [-0.39, 0.29) is 31.2 Å². The minimum absolute atomic E-state index is 0.0488. The van der Waals surface area contributed by atoms with Gasteiger partial charge in [-0.3, -0.25) is 9.78 Å². The van der Waals surface area contributed by atoms with E-state index in [2.05, 4.69) is 15.3 Å². The van der Waals surface area contributed by atoms with Crippen LogP contribution in [0.2, 0.25) is 0 Å². The summed E-state index contributed by atoms with van der Waals surface area (Å²) in [4.78, 5) is 34.5. The molecule has 2 bridgehead atoms. The van der Waals surface area contributed by atoms with E-state index >= 15 is 0 Å².